The number of hydrogen-bond donors (Lipinski definition) is 3. The van der Waals surface area contributed by atoms with Gasteiger partial charge in [0.15, 0.2) is 6.61 Å². The van der Waals surface area contributed by atoms with Gasteiger partial charge < -0.3 is 14.8 Å². The average Bonchev–Trinajstić information content (AvgIpc) is 2.38. The van der Waals surface area contributed by atoms with Crippen LogP contribution in [0.15, 0.2) is 18.2 Å². The average molecular weight is 265 g/mol. The number of nitrogens with one attached hydrogen (secondary N) is 3. The van der Waals surface area contributed by atoms with Crippen LogP contribution in [0.3, 0.4) is 0 Å². The van der Waals surface area contributed by atoms with Crippen LogP contribution in [0, 0.1) is 0 Å². The van der Waals surface area contributed by atoms with E-state index in [4.69, 9.17) is 9.47 Å². The molecule has 0 saturated carbocycles. The zero-order valence-electron chi connectivity index (χ0n) is 10.5. The second-order valence-corrected chi connectivity index (χ2v) is 3.96. The fraction of sp³-hybridized carbons (Fsp3) is 0.333. The van der Waals surface area contributed by atoms with Gasteiger partial charge in [-0.05, 0) is 17.7 Å². The van der Waals surface area contributed by atoms with Crippen molar-refractivity contribution in [1.29, 1.82) is 0 Å². The first kappa shape index (κ1) is 13.3. The van der Waals surface area contributed by atoms with Crippen LogP contribution >= 0.6 is 0 Å². The van der Waals surface area contributed by atoms with Crippen LogP contribution in [0.1, 0.15) is 5.56 Å². The molecule has 0 atom stereocenters. The number of hydrazine groups is 1. The summed E-state index contributed by atoms with van der Waals surface area (Å²) >= 11 is 0. The van der Waals surface area contributed by atoms with Crippen molar-refractivity contribution in [2.24, 2.45) is 0 Å². The van der Waals surface area contributed by atoms with Crippen molar-refractivity contribution in [3.63, 3.8) is 0 Å². The number of fused-ring (bicyclic) bond motifs is 1. The number of carbonyl (C=O) groups is 2. The Bertz CT molecular complexity index is 490. The third kappa shape index (κ3) is 3.67. The summed E-state index contributed by atoms with van der Waals surface area (Å²) in [6.45, 7) is 0.272. The maximum Gasteiger partial charge on any atom is 0.262 e. The van der Waals surface area contributed by atoms with Gasteiger partial charge >= 0.3 is 0 Å². The number of hydrogen-bond acceptors (Lipinski definition) is 5. The number of benzene rings is 1. The van der Waals surface area contributed by atoms with Gasteiger partial charge in [-0.2, -0.15) is 0 Å². The molecular weight excluding hydrogens is 250 g/mol. The minimum atomic E-state index is -0.253. The van der Waals surface area contributed by atoms with E-state index in [2.05, 4.69) is 16.2 Å². The Morgan fingerprint density at radius 2 is 2.37 bits per heavy atom. The lowest BCUT2D eigenvalue weighted by atomic mass is 10.2. The molecule has 0 bridgehead atoms. The molecule has 2 rings (SSSR count). The van der Waals surface area contributed by atoms with E-state index in [-0.39, 0.29) is 31.6 Å². The summed E-state index contributed by atoms with van der Waals surface area (Å²) < 4.78 is 10.5. The Balaban J connectivity index is 1.89. The predicted molar refractivity (Wildman–Crippen MR) is 67.4 cm³/mol. The van der Waals surface area contributed by atoms with Crippen LogP contribution in [0.2, 0.25) is 0 Å². The van der Waals surface area contributed by atoms with E-state index in [1.807, 2.05) is 6.07 Å². The molecule has 7 heteroatoms. The molecule has 1 aromatic carbocycles. The highest BCUT2D eigenvalue weighted by atomic mass is 16.5. The van der Waals surface area contributed by atoms with Gasteiger partial charge in [-0.1, -0.05) is 6.07 Å². The Kier molecular flexibility index (Phi) is 4.32. The van der Waals surface area contributed by atoms with Crippen molar-refractivity contribution in [2.75, 3.05) is 25.6 Å². The lowest BCUT2D eigenvalue weighted by molar-refractivity contribution is -0.127. The van der Waals surface area contributed by atoms with Crippen molar-refractivity contribution >= 4 is 17.5 Å². The van der Waals surface area contributed by atoms with Gasteiger partial charge in [0.05, 0.1) is 12.3 Å². The third-order valence-corrected chi connectivity index (χ3v) is 2.44. The third-order valence-electron chi connectivity index (χ3n) is 2.44. The zero-order chi connectivity index (χ0) is 13.7. The molecule has 0 radical (unpaired) electrons. The molecular formula is C12H15N3O4. The van der Waals surface area contributed by atoms with Crippen LogP contribution in [-0.4, -0.2) is 32.1 Å². The molecule has 0 unspecified atom stereocenters. The number of amides is 2. The Labute approximate surface area is 110 Å². The summed E-state index contributed by atoms with van der Waals surface area (Å²) in [5.41, 5.74) is 6.39. The highest BCUT2D eigenvalue weighted by Gasteiger charge is 2.15. The van der Waals surface area contributed by atoms with Gasteiger partial charge in [0.25, 0.3) is 11.8 Å². The molecule has 0 fully saturated rings. The van der Waals surface area contributed by atoms with Crippen LogP contribution in [0.5, 0.6) is 5.75 Å². The number of anilines is 1. The molecule has 0 aromatic heterocycles. The molecule has 1 heterocycles. The Hall–Kier alpha value is -2.12. The summed E-state index contributed by atoms with van der Waals surface area (Å²) in [6, 6.07) is 5.36. The van der Waals surface area contributed by atoms with E-state index in [9.17, 15) is 9.59 Å². The number of ether oxygens (including phenoxy) is 2. The van der Waals surface area contributed by atoms with Crippen LogP contribution in [0.25, 0.3) is 0 Å². The summed E-state index contributed by atoms with van der Waals surface area (Å²) in [5, 5.41) is 2.71. The Morgan fingerprint density at radius 1 is 1.53 bits per heavy atom. The summed E-state index contributed by atoms with van der Waals surface area (Å²) in [7, 11) is 1.60. The van der Waals surface area contributed by atoms with Crippen molar-refractivity contribution in [3.8, 4) is 5.75 Å². The normalized spacial score (nSPS) is 13.2. The van der Waals surface area contributed by atoms with Gasteiger partial charge in [-0.15, -0.1) is 0 Å². The highest BCUT2D eigenvalue weighted by molar-refractivity contribution is 5.95. The van der Waals surface area contributed by atoms with Gasteiger partial charge in [0, 0.05) is 7.05 Å². The summed E-state index contributed by atoms with van der Waals surface area (Å²) in [6.07, 6.45) is 0. The second kappa shape index (κ2) is 6.17. The minimum Gasteiger partial charge on any atom is -0.482 e. The molecule has 19 heavy (non-hydrogen) atoms. The zero-order valence-corrected chi connectivity index (χ0v) is 10.5. The summed E-state index contributed by atoms with van der Waals surface area (Å²) in [4.78, 5) is 22.3. The fourth-order valence-electron chi connectivity index (χ4n) is 1.66. The molecule has 2 amide bonds. The number of rotatable bonds is 5. The first-order chi connectivity index (χ1) is 9.19. The van der Waals surface area contributed by atoms with Crippen LogP contribution < -0.4 is 20.9 Å². The van der Waals surface area contributed by atoms with E-state index in [0.29, 0.717) is 11.4 Å². The quantitative estimate of drug-likeness (QED) is 0.641. The topological polar surface area (TPSA) is 88.7 Å². The van der Waals surface area contributed by atoms with E-state index < -0.39 is 0 Å². The van der Waals surface area contributed by atoms with Crippen LogP contribution in [-0.2, 0) is 20.9 Å². The molecule has 102 valence electrons. The maximum atomic E-state index is 11.2. The predicted octanol–water partition coefficient (Wildman–Crippen LogP) is -0.215. The summed E-state index contributed by atoms with van der Waals surface area (Å²) in [5.74, 6) is 0.201. The lowest BCUT2D eigenvalue weighted by Crippen LogP contribution is -2.36. The first-order valence-electron chi connectivity index (χ1n) is 5.78. The second-order valence-electron chi connectivity index (χ2n) is 3.96. The van der Waals surface area contributed by atoms with Gasteiger partial charge in [-0.25, -0.2) is 5.43 Å². The maximum absolute atomic E-state index is 11.2. The minimum absolute atomic E-state index is 0.0348. The van der Waals surface area contributed by atoms with Crippen molar-refractivity contribution in [2.45, 2.75) is 6.61 Å². The highest BCUT2D eigenvalue weighted by Crippen LogP contribution is 2.28. The molecule has 3 N–H and O–H groups in total. The monoisotopic (exact) mass is 265 g/mol. The van der Waals surface area contributed by atoms with E-state index in [0.717, 1.165) is 5.56 Å². The van der Waals surface area contributed by atoms with E-state index >= 15 is 0 Å². The molecule has 0 spiro atoms. The smallest absolute Gasteiger partial charge is 0.262 e. The largest absolute Gasteiger partial charge is 0.482 e. The van der Waals surface area contributed by atoms with Crippen molar-refractivity contribution < 1.29 is 19.1 Å². The number of carbonyl (C=O) groups excluding carboxylic acids is 2. The Morgan fingerprint density at radius 3 is 3.16 bits per heavy atom. The van der Waals surface area contributed by atoms with Crippen molar-refractivity contribution in [1.82, 2.24) is 10.9 Å². The van der Waals surface area contributed by atoms with E-state index in [1.165, 1.54) is 0 Å². The molecule has 7 nitrogen and oxygen atoms in total. The molecule has 0 saturated heterocycles. The molecule has 1 aliphatic heterocycles. The van der Waals surface area contributed by atoms with E-state index in [1.54, 1.807) is 19.2 Å². The van der Waals surface area contributed by atoms with Gasteiger partial charge in [0.1, 0.15) is 12.4 Å². The lowest BCUT2D eigenvalue weighted by Gasteiger charge is -2.18. The van der Waals surface area contributed by atoms with Crippen molar-refractivity contribution in [3.05, 3.63) is 23.8 Å². The fourth-order valence-corrected chi connectivity index (χ4v) is 1.66. The van der Waals surface area contributed by atoms with Gasteiger partial charge in [0.2, 0.25) is 0 Å². The SMILES string of the molecule is CNNC(=O)COCc1ccc2c(c1)NC(=O)CO2. The molecule has 0 aliphatic carbocycles. The first-order valence-corrected chi connectivity index (χ1v) is 5.78. The standard InChI is InChI=1S/C12H15N3O4/c1-13-15-12(17)6-18-5-8-2-3-10-9(4-8)14-11(16)7-19-10/h2-4,13H,5-7H2,1H3,(H,14,16)(H,15,17). The van der Waals surface area contributed by atoms with Crippen LogP contribution in [0.4, 0.5) is 5.69 Å². The molecule has 1 aromatic rings. The van der Waals surface area contributed by atoms with Gasteiger partial charge in [-0.3, -0.25) is 15.0 Å². The molecule has 1 aliphatic rings.